The Balaban J connectivity index is 2.68. The number of Topliss-reactive ketones (excluding diaryl/α,β-unsaturated/α-hetero) is 1. The third-order valence-electron chi connectivity index (χ3n) is 1.30. The maximum absolute atomic E-state index is 11.2. The number of H-pyrrole nitrogens is 1. The molecule has 0 amide bonds. The van der Waals surface area contributed by atoms with Gasteiger partial charge in [-0.3, -0.25) is 14.6 Å². The number of carbonyl (C=O) groups is 1. The molecule has 0 atom stereocenters. The number of ketones is 1. The lowest BCUT2D eigenvalue weighted by Crippen LogP contribution is -2.12. The van der Waals surface area contributed by atoms with Gasteiger partial charge in [0.2, 0.25) is 5.28 Å². The highest BCUT2D eigenvalue weighted by atomic mass is 35.5. The Kier molecular flexibility index (Phi) is 4.12. The molecule has 0 fully saturated rings. The van der Waals surface area contributed by atoms with Crippen LogP contribution in [0.2, 0.25) is 5.28 Å². The van der Waals surface area contributed by atoms with Crippen molar-refractivity contribution in [1.82, 2.24) is 9.97 Å². The molecule has 5 nitrogen and oxygen atoms in total. The van der Waals surface area contributed by atoms with Crippen molar-refractivity contribution in [1.29, 1.82) is 0 Å². The number of aromatic amines is 1. The van der Waals surface area contributed by atoms with Crippen molar-refractivity contribution in [2.45, 2.75) is 4.90 Å². The van der Waals surface area contributed by atoms with E-state index in [2.05, 4.69) is 9.97 Å². The fourth-order valence-electron chi connectivity index (χ4n) is 0.668. The monoisotopic (exact) mass is 234 g/mol. The highest BCUT2D eigenvalue weighted by Crippen LogP contribution is 2.11. The number of rotatable bonds is 4. The predicted octanol–water partition coefficient (Wildman–Crippen LogP) is 0.0768. The fraction of sp³-hybridized carbons (Fsp3) is 0.286. The van der Waals surface area contributed by atoms with Gasteiger partial charge >= 0.3 is 0 Å². The smallest absolute Gasteiger partial charge is 0.265 e. The van der Waals surface area contributed by atoms with Gasteiger partial charge in [-0.05, 0) is 11.6 Å². The van der Waals surface area contributed by atoms with Gasteiger partial charge in [0.05, 0.1) is 10.6 Å². The summed E-state index contributed by atoms with van der Waals surface area (Å²) < 4.78 is 0. The van der Waals surface area contributed by atoms with E-state index in [9.17, 15) is 9.59 Å². The molecule has 14 heavy (non-hydrogen) atoms. The van der Waals surface area contributed by atoms with Gasteiger partial charge in [-0.25, -0.2) is 4.98 Å². The average Bonchev–Trinajstić information content (AvgIpc) is 2.16. The minimum Gasteiger partial charge on any atom is -0.389 e. The van der Waals surface area contributed by atoms with Crippen molar-refractivity contribution >= 4 is 29.1 Å². The summed E-state index contributed by atoms with van der Waals surface area (Å²) in [6, 6.07) is 0. The Morgan fingerprint density at radius 2 is 2.43 bits per heavy atom. The lowest BCUT2D eigenvalue weighted by molar-refractivity contribution is -0.119. The van der Waals surface area contributed by atoms with Crippen LogP contribution in [0.4, 0.5) is 0 Å². The summed E-state index contributed by atoms with van der Waals surface area (Å²) in [4.78, 5) is 28.1. The second kappa shape index (κ2) is 5.14. The molecule has 1 rings (SSSR count). The lowest BCUT2D eigenvalue weighted by Gasteiger charge is -1.97. The number of hydrogen-bond donors (Lipinski definition) is 2. The zero-order valence-electron chi connectivity index (χ0n) is 6.99. The van der Waals surface area contributed by atoms with Crippen LogP contribution in [0.5, 0.6) is 0 Å². The number of halogens is 1. The Morgan fingerprint density at radius 1 is 1.71 bits per heavy atom. The van der Waals surface area contributed by atoms with Gasteiger partial charge in [0, 0.05) is 6.20 Å². The Hall–Kier alpha value is -0.850. The number of hydrogen-bond acceptors (Lipinski definition) is 5. The molecule has 0 radical (unpaired) electrons. The Labute approximate surface area is 88.5 Å². The third kappa shape index (κ3) is 3.13. The van der Waals surface area contributed by atoms with Crippen LogP contribution < -0.4 is 5.56 Å². The van der Waals surface area contributed by atoms with Gasteiger partial charge in [0.25, 0.3) is 5.56 Å². The molecule has 0 saturated carbocycles. The second-order valence-electron chi connectivity index (χ2n) is 2.35. The number of carbonyl (C=O) groups excluding carboxylic acids is 1. The van der Waals surface area contributed by atoms with Crippen molar-refractivity contribution in [3.8, 4) is 0 Å². The van der Waals surface area contributed by atoms with E-state index in [-0.39, 0.29) is 22.4 Å². The summed E-state index contributed by atoms with van der Waals surface area (Å²) in [6.45, 7) is -0.522. The zero-order chi connectivity index (χ0) is 10.6. The van der Waals surface area contributed by atoms with Gasteiger partial charge in [-0.15, -0.1) is 11.8 Å². The van der Waals surface area contributed by atoms with Crippen LogP contribution in [0.1, 0.15) is 0 Å². The molecule has 0 spiro atoms. The topological polar surface area (TPSA) is 83.0 Å². The minimum atomic E-state index is -0.522. The predicted molar refractivity (Wildman–Crippen MR) is 52.7 cm³/mol. The molecular weight excluding hydrogens is 228 g/mol. The summed E-state index contributed by atoms with van der Waals surface area (Å²) in [5.74, 6) is -0.299. The second-order valence-corrected chi connectivity index (χ2v) is 3.73. The number of thioether (sulfide) groups is 1. The van der Waals surface area contributed by atoms with Crippen molar-refractivity contribution in [3.63, 3.8) is 0 Å². The minimum absolute atomic E-state index is 0.00725. The number of nitrogens with one attached hydrogen (secondary N) is 1. The van der Waals surface area contributed by atoms with Crippen molar-refractivity contribution in [3.05, 3.63) is 21.8 Å². The number of aliphatic hydroxyl groups excluding tert-OH is 1. The van der Waals surface area contributed by atoms with Crippen LogP contribution in [0.15, 0.2) is 15.9 Å². The molecule has 7 heteroatoms. The van der Waals surface area contributed by atoms with Gasteiger partial charge < -0.3 is 5.11 Å². The van der Waals surface area contributed by atoms with Gasteiger partial charge in [-0.2, -0.15) is 0 Å². The molecule has 0 unspecified atom stereocenters. The molecule has 0 aliphatic heterocycles. The van der Waals surface area contributed by atoms with Gasteiger partial charge in [0.15, 0.2) is 5.78 Å². The molecule has 0 aromatic carbocycles. The molecule has 1 aromatic heterocycles. The fourth-order valence-corrected chi connectivity index (χ4v) is 1.52. The largest absolute Gasteiger partial charge is 0.389 e. The molecule has 0 bridgehead atoms. The van der Waals surface area contributed by atoms with E-state index in [1.807, 2.05) is 0 Å². The van der Waals surface area contributed by atoms with E-state index >= 15 is 0 Å². The molecule has 0 aliphatic rings. The van der Waals surface area contributed by atoms with Gasteiger partial charge in [-0.1, -0.05) is 0 Å². The first-order valence-electron chi connectivity index (χ1n) is 3.63. The summed E-state index contributed by atoms with van der Waals surface area (Å²) >= 11 is 6.44. The van der Waals surface area contributed by atoms with Crippen LogP contribution in [-0.4, -0.2) is 33.2 Å². The quantitative estimate of drug-likeness (QED) is 0.569. The first-order chi connectivity index (χ1) is 6.63. The first-order valence-corrected chi connectivity index (χ1v) is 5.00. The molecule has 1 heterocycles. The molecule has 76 valence electrons. The maximum Gasteiger partial charge on any atom is 0.265 e. The Bertz CT molecular complexity index is 393. The SMILES string of the molecule is O=C(CO)CSc1cnc(Cl)[nH]c1=O. The summed E-state index contributed by atoms with van der Waals surface area (Å²) in [6.07, 6.45) is 1.29. The lowest BCUT2D eigenvalue weighted by atomic mass is 10.5. The number of nitrogens with zero attached hydrogens (tertiary/aromatic N) is 1. The highest BCUT2D eigenvalue weighted by Gasteiger charge is 2.05. The molecule has 2 N–H and O–H groups in total. The molecule has 1 aromatic rings. The first kappa shape index (κ1) is 11.2. The summed E-state index contributed by atoms with van der Waals surface area (Å²) in [5, 5.41) is 8.45. The summed E-state index contributed by atoms with van der Waals surface area (Å²) in [7, 11) is 0. The highest BCUT2D eigenvalue weighted by molar-refractivity contribution is 8.00. The van der Waals surface area contributed by atoms with Crippen LogP contribution in [-0.2, 0) is 4.79 Å². The summed E-state index contributed by atoms with van der Waals surface area (Å²) in [5.41, 5.74) is -0.388. The van der Waals surface area contributed by atoms with Crippen molar-refractivity contribution in [2.24, 2.45) is 0 Å². The van der Waals surface area contributed by atoms with Crippen molar-refractivity contribution < 1.29 is 9.90 Å². The van der Waals surface area contributed by atoms with Gasteiger partial charge in [0.1, 0.15) is 6.61 Å². The maximum atomic E-state index is 11.2. The molecule has 0 aliphatic carbocycles. The zero-order valence-corrected chi connectivity index (χ0v) is 8.56. The molecular formula is C7H7ClN2O3S. The average molecular weight is 235 g/mol. The third-order valence-corrected chi connectivity index (χ3v) is 2.56. The van der Waals surface area contributed by atoms with E-state index in [0.717, 1.165) is 11.8 Å². The number of aromatic nitrogens is 2. The van der Waals surface area contributed by atoms with Crippen molar-refractivity contribution in [2.75, 3.05) is 12.4 Å². The van der Waals surface area contributed by atoms with E-state index in [1.165, 1.54) is 6.20 Å². The Morgan fingerprint density at radius 3 is 3.00 bits per heavy atom. The number of aliphatic hydroxyl groups is 1. The van der Waals surface area contributed by atoms with Crippen LogP contribution in [0, 0.1) is 0 Å². The van der Waals surface area contributed by atoms with E-state index in [4.69, 9.17) is 16.7 Å². The van der Waals surface area contributed by atoms with Crippen LogP contribution in [0.3, 0.4) is 0 Å². The normalized spacial score (nSPS) is 10.1. The van der Waals surface area contributed by atoms with E-state index in [0.29, 0.717) is 4.90 Å². The van der Waals surface area contributed by atoms with Crippen LogP contribution >= 0.6 is 23.4 Å². The standard InChI is InChI=1S/C7H7ClN2O3S/c8-7-9-1-5(6(13)10-7)14-3-4(12)2-11/h1,11H,2-3H2,(H,9,10,13). The van der Waals surface area contributed by atoms with Crippen LogP contribution in [0.25, 0.3) is 0 Å². The molecule has 0 saturated heterocycles. The van der Waals surface area contributed by atoms with E-state index < -0.39 is 6.61 Å². The van der Waals surface area contributed by atoms with E-state index in [1.54, 1.807) is 0 Å².